The highest BCUT2D eigenvalue weighted by molar-refractivity contribution is 7.64. The number of nitrogens with one attached hydrogen (secondary N) is 2. The van der Waals surface area contributed by atoms with Crippen LogP contribution in [-0.4, -0.2) is 99.4 Å². The highest BCUT2D eigenvalue weighted by Gasteiger charge is 2.24. The zero-order chi connectivity index (χ0) is 19.5. The number of hydrogen-bond acceptors (Lipinski definition) is 6. The van der Waals surface area contributed by atoms with Gasteiger partial charge in [0.25, 0.3) is 0 Å². The molecule has 1 fully saturated rings. The van der Waals surface area contributed by atoms with Gasteiger partial charge in [0.15, 0.2) is 0 Å². The second-order valence-corrected chi connectivity index (χ2v) is 14.7. The van der Waals surface area contributed by atoms with Gasteiger partial charge in [-0.15, -0.1) is 0 Å². The number of nitrogens with zero attached hydrogens (tertiary/aromatic N) is 2. The van der Waals surface area contributed by atoms with Crippen LogP contribution in [0.5, 0.6) is 0 Å². The molecule has 1 saturated heterocycles. The van der Waals surface area contributed by atoms with E-state index in [2.05, 4.69) is 48.1 Å². The fraction of sp³-hybridized carbons (Fsp3) is 1.00. The van der Waals surface area contributed by atoms with Gasteiger partial charge in [-0.1, -0.05) is 27.7 Å². The molecule has 0 saturated carbocycles. The molecule has 0 unspecified atom stereocenters. The van der Waals surface area contributed by atoms with Crippen LogP contribution in [0.4, 0.5) is 0 Å². The van der Waals surface area contributed by atoms with E-state index in [0.717, 1.165) is 77.0 Å². The van der Waals surface area contributed by atoms with Crippen molar-refractivity contribution in [2.24, 2.45) is 0 Å². The summed E-state index contributed by atoms with van der Waals surface area (Å²) >= 11 is 0. The van der Waals surface area contributed by atoms with E-state index in [1.165, 1.54) is 0 Å². The predicted octanol–water partition coefficient (Wildman–Crippen LogP) is 2.50. The molecule has 26 heavy (non-hydrogen) atoms. The first-order valence-corrected chi connectivity index (χ1v) is 14.9. The van der Waals surface area contributed by atoms with Gasteiger partial charge in [0.1, 0.15) is 14.3 Å². The van der Waals surface area contributed by atoms with Crippen molar-refractivity contribution in [3.63, 3.8) is 0 Å². The van der Waals surface area contributed by atoms with Crippen molar-refractivity contribution in [1.82, 2.24) is 20.4 Å². The standard InChI is InChI=1S/C18H42N4O2P2/c1-5-25(23,6-2)17-21-13-11-19-9-10-20-12-14-22(16-15-21)18-26(24,7-3)8-4/h19-20H,5-18H2,1-4H3. The van der Waals surface area contributed by atoms with Crippen LogP contribution in [0.1, 0.15) is 27.7 Å². The van der Waals surface area contributed by atoms with Gasteiger partial charge in [-0.05, 0) is 24.6 Å². The van der Waals surface area contributed by atoms with Gasteiger partial charge in [0.2, 0.25) is 0 Å². The van der Waals surface area contributed by atoms with Crippen LogP contribution in [0.15, 0.2) is 0 Å². The highest BCUT2D eigenvalue weighted by Crippen LogP contribution is 2.46. The molecule has 0 amide bonds. The minimum Gasteiger partial charge on any atom is -0.322 e. The molecule has 1 aliphatic rings. The van der Waals surface area contributed by atoms with Crippen molar-refractivity contribution in [1.29, 1.82) is 0 Å². The molecule has 1 rings (SSSR count). The average Bonchev–Trinajstić information content (AvgIpc) is 2.65. The second-order valence-electron chi connectivity index (χ2n) is 7.40. The van der Waals surface area contributed by atoms with Gasteiger partial charge in [-0.3, -0.25) is 9.80 Å². The zero-order valence-electron chi connectivity index (χ0n) is 17.5. The van der Waals surface area contributed by atoms with Crippen molar-refractivity contribution >= 4 is 14.3 Å². The Bertz CT molecular complexity index is 418. The number of rotatable bonds is 8. The number of hydrogen-bond donors (Lipinski definition) is 2. The van der Waals surface area contributed by atoms with Gasteiger partial charge < -0.3 is 19.8 Å². The Morgan fingerprint density at radius 3 is 1.27 bits per heavy atom. The Kier molecular flexibility index (Phi) is 11.9. The molecule has 0 aromatic heterocycles. The summed E-state index contributed by atoms with van der Waals surface area (Å²) in [5, 5.41) is 6.94. The average molecular weight is 409 g/mol. The Hall–Kier alpha value is 0.300. The van der Waals surface area contributed by atoms with Gasteiger partial charge >= 0.3 is 0 Å². The van der Waals surface area contributed by atoms with Crippen molar-refractivity contribution in [2.45, 2.75) is 27.7 Å². The smallest absolute Gasteiger partial charge is 0.100 e. The van der Waals surface area contributed by atoms with Crippen LogP contribution in [0.3, 0.4) is 0 Å². The Balaban J connectivity index is 2.78. The predicted molar refractivity (Wildman–Crippen MR) is 116 cm³/mol. The molecule has 156 valence electrons. The molecule has 0 aromatic rings. The van der Waals surface area contributed by atoms with Crippen LogP contribution < -0.4 is 10.6 Å². The summed E-state index contributed by atoms with van der Waals surface area (Å²) in [4.78, 5) is 4.73. The summed E-state index contributed by atoms with van der Waals surface area (Å²) in [5.41, 5.74) is 0. The summed E-state index contributed by atoms with van der Waals surface area (Å²) in [5.74, 6) is 0. The van der Waals surface area contributed by atoms with Crippen LogP contribution in [-0.2, 0) is 9.13 Å². The third kappa shape index (κ3) is 8.99. The molecule has 2 N–H and O–H groups in total. The molecule has 1 aliphatic heterocycles. The SMILES string of the molecule is CCP(=O)(CC)CN1CCNCCNCCN(CP(=O)(CC)CC)CC1. The van der Waals surface area contributed by atoms with E-state index in [1.807, 2.05) is 0 Å². The first kappa shape index (κ1) is 24.3. The molecule has 0 atom stereocenters. The van der Waals surface area contributed by atoms with Crippen LogP contribution >= 0.6 is 14.3 Å². The third-order valence-corrected chi connectivity index (χ3v) is 12.1. The maximum Gasteiger partial charge on any atom is 0.100 e. The molecular weight excluding hydrogens is 366 g/mol. The van der Waals surface area contributed by atoms with E-state index >= 15 is 0 Å². The summed E-state index contributed by atoms with van der Waals surface area (Å²) in [7, 11) is -4.17. The summed E-state index contributed by atoms with van der Waals surface area (Å²) in [6.45, 7) is 15.6. The maximum absolute atomic E-state index is 13.0. The van der Waals surface area contributed by atoms with E-state index in [0.29, 0.717) is 12.6 Å². The lowest BCUT2D eigenvalue weighted by molar-refractivity contribution is 0.234. The molecule has 0 aromatic carbocycles. The van der Waals surface area contributed by atoms with E-state index in [4.69, 9.17) is 0 Å². The molecule has 0 bridgehead atoms. The molecular formula is C18H42N4O2P2. The lowest BCUT2D eigenvalue weighted by Crippen LogP contribution is -2.44. The molecule has 0 spiro atoms. The minimum absolute atomic E-state index is 0.715. The summed E-state index contributed by atoms with van der Waals surface area (Å²) < 4.78 is 25.9. The lowest BCUT2D eigenvalue weighted by Gasteiger charge is -2.32. The van der Waals surface area contributed by atoms with E-state index in [1.54, 1.807) is 0 Å². The monoisotopic (exact) mass is 408 g/mol. The van der Waals surface area contributed by atoms with Crippen molar-refractivity contribution in [2.75, 3.05) is 89.6 Å². The van der Waals surface area contributed by atoms with Crippen molar-refractivity contribution < 1.29 is 9.13 Å². The van der Waals surface area contributed by atoms with Gasteiger partial charge in [0.05, 0.1) is 12.6 Å². The fourth-order valence-corrected chi connectivity index (χ4v) is 6.98. The van der Waals surface area contributed by atoms with E-state index in [-0.39, 0.29) is 0 Å². The first-order valence-electron chi connectivity index (χ1n) is 10.4. The van der Waals surface area contributed by atoms with Crippen LogP contribution in [0.25, 0.3) is 0 Å². The largest absolute Gasteiger partial charge is 0.322 e. The highest BCUT2D eigenvalue weighted by atomic mass is 31.2. The van der Waals surface area contributed by atoms with Crippen LogP contribution in [0, 0.1) is 0 Å². The van der Waals surface area contributed by atoms with Gasteiger partial charge in [-0.25, -0.2) is 0 Å². The minimum atomic E-state index is -2.09. The second kappa shape index (κ2) is 12.7. The molecule has 0 radical (unpaired) electrons. The fourth-order valence-electron chi connectivity index (χ4n) is 3.27. The normalized spacial score (nSPS) is 20.5. The molecule has 1 heterocycles. The molecule has 8 heteroatoms. The van der Waals surface area contributed by atoms with E-state index in [9.17, 15) is 9.13 Å². The Labute approximate surface area is 161 Å². The summed E-state index contributed by atoms with van der Waals surface area (Å²) in [6.07, 6.45) is 4.55. The van der Waals surface area contributed by atoms with E-state index < -0.39 is 14.3 Å². The quantitative estimate of drug-likeness (QED) is 0.602. The Morgan fingerprint density at radius 2 is 0.962 bits per heavy atom. The summed E-state index contributed by atoms with van der Waals surface area (Å²) in [6, 6.07) is 0. The van der Waals surface area contributed by atoms with Crippen LogP contribution in [0.2, 0.25) is 0 Å². The maximum atomic E-state index is 13.0. The zero-order valence-corrected chi connectivity index (χ0v) is 19.3. The lowest BCUT2D eigenvalue weighted by atomic mass is 10.4. The van der Waals surface area contributed by atoms with Gasteiger partial charge in [0, 0.05) is 52.4 Å². The molecule has 0 aliphatic carbocycles. The van der Waals surface area contributed by atoms with Crippen molar-refractivity contribution in [3.8, 4) is 0 Å². The first-order chi connectivity index (χ1) is 12.4. The van der Waals surface area contributed by atoms with Crippen molar-refractivity contribution in [3.05, 3.63) is 0 Å². The molecule has 6 nitrogen and oxygen atoms in total. The van der Waals surface area contributed by atoms with Gasteiger partial charge in [-0.2, -0.15) is 0 Å². The topological polar surface area (TPSA) is 64.7 Å². The Morgan fingerprint density at radius 1 is 0.615 bits per heavy atom. The third-order valence-electron chi connectivity index (χ3n) is 5.64.